The zero-order valence-electron chi connectivity index (χ0n) is 8.95. The lowest BCUT2D eigenvalue weighted by atomic mass is 10.1. The number of nitrogen functional groups attached to an aromatic ring is 1. The Morgan fingerprint density at radius 1 is 1.53 bits per heavy atom. The summed E-state index contributed by atoms with van der Waals surface area (Å²) in [7, 11) is 0. The Morgan fingerprint density at radius 2 is 2.20 bits per heavy atom. The summed E-state index contributed by atoms with van der Waals surface area (Å²) in [5, 5.41) is 12.0. The minimum atomic E-state index is -0.999. The highest BCUT2D eigenvalue weighted by molar-refractivity contribution is 5.97. The van der Waals surface area contributed by atoms with Gasteiger partial charge in [-0.1, -0.05) is 19.9 Å². The third-order valence-electron chi connectivity index (χ3n) is 2.04. The van der Waals surface area contributed by atoms with Gasteiger partial charge in [0.2, 0.25) is 0 Å². The summed E-state index contributed by atoms with van der Waals surface area (Å²) >= 11 is 0. The van der Waals surface area contributed by atoms with Gasteiger partial charge in [-0.3, -0.25) is 0 Å². The number of carboxylic acid groups (broad SMARTS) is 1. The van der Waals surface area contributed by atoms with Crippen LogP contribution in [0.1, 0.15) is 24.2 Å². The van der Waals surface area contributed by atoms with Crippen LogP contribution in [0.25, 0.3) is 0 Å². The largest absolute Gasteiger partial charge is 0.478 e. The van der Waals surface area contributed by atoms with Crippen LogP contribution < -0.4 is 11.1 Å². The summed E-state index contributed by atoms with van der Waals surface area (Å²) < 4.78 is 0. The van der Waals surface area contributed by atoms with Gasteiger partial charge in [0.15, 0.2) is 0 Å². The topological polar surface area (TPSA) is 75.3 Å². The van der Waals surface area contributed by atoms with Crippen LogP contribution in [0, 0.1) is 5.92 Å². The molecule has 0 aliphatic carbocycles. The number of hydrogen-bond acceptors (Lipinski definition) is 3. The number of para-hydroxylation sites is 1. The summed E-state index contributed by atoms with van der Waals surface area (Å²) in [5.74, 6) is -0.515. The third-order valence-corrected chi connectivity index (χ3v) is 2.04. The van der Waals surface area contributed by atoms with Gasteiger partial charge in [-0.25, -0.2) is 4.79 Å². The van der Waals surface area contributed by atoms with Crippen LogP contribution in [0.4, 0.5) is 11.4 Å². The van der Waals surface area contributed by atoms with E-state index in [-0.39, 0.29) is 5.56 Å². The number of carboxylic acids is 1. The number of carbonyl (C=O) groups is 1. The molecule has 1 aromatic carbocycles. The molecule has 4 heteroatoms. The van der Waals surface area contributed by atoms with Crippen molar-refractivity contribution >= 4 is 17.3 Å². The van der Waals surface area contributed by atoms with E-state index in [1.54, 1.807) is 12.1 Å². The summed E-state index contributed by atoms with van der Waals surface area (Å²) in [4.78, 5) is 10.8. The Labute approximate surface area is 89.1 Å². The molecule has 0 spiro atoms. The normalized spacial score (nSPS) is 10.3. The fourth-order valence-electron chi connectivity index (χ4n) is 1.22. The lowest BCUT2D eigenvalue weighted by Gasteiger charge is -2.12. The predicted molar refractivity (Wildman–Crippen MR) is 61.1 cm³/mol. The van der Waals surface area contributed by atoms with E-state index >= 15 is 0 Å². The summed E-state index contributed by atoms with van der Waals surface area (Å²) in [6.07, 6.45) is 0. The van der Waals surface area contributed by atoms with Gasteiger partial charge < -0.3 is 16.2 Å². The smallest absolute Gasteiger partial charge is 0.337 e. The molecule has 1 rings (SSSR count). The van der Waals surface area contributed by atoms with Gasteiger partial charge in [0.25, 0.3) is 0 Å². The maximum atomic E-state index is 10.8. The maximum Gasteiger partial charge on any atom is 0.337 e. The van der Waals surface area contributed by atoms with E-state index < -0.39 is 5.97 Å². The summed E-state index contributed by atoms with van der Waals surface area (Å²) in [6.45, 7) is 4.92. The molecule has 0 radical (unpaired) electrons. The highest BCUT2D eigenvalue weighted by Crippen LogP contribution is 2.22. The molecule has 0 bridgehead atoms. The third kappa shape index (κ3) is 2.87. The van der Waals surface area contributed by atoms with Crippen molar-refractivity contribution in [3.8, 4) is 0 Å². The second-order valence-electron chi connectivity index (χ2n) is 3.85. The molecule has 0 aromatic heterocycles. The van der Waals surface area contributed by atoms with Crippen molar-refractivity contribution in [2.24, 2.45) is 5.92 Å². The SMILES string of the molecule is CC(C)CNc1cccc(C(=O)O)c1N. The lowest BCUT2D eigenvalue weighted by molar-refractivity contribution is 0.0698. The van der Waals surface area contributed by atoms with Crippen molar-refractivity contribution in [1.29, 1.82) is 0 Å². The molecular weight excluding hydrogens is 192 g/mol. The lowest BCUT2D eigenvalue weighted by Crippen LogP contribution is -2.11. The van der Waals surface area contributed by atoms with E-state index in [2.05, 4.69) is 19.2 Å². The van der Waals surface area contributed by atoms with Gasteiger partial charge in [-0.15, -0.1) is 0 Å². The number of nitrogens with one attached hydrogen (secondary N) is 1. The van der Waals surface area contributed by atoms with Crippen LogP contribution in [0.3, 0.4) is 0 Å². The fourth-order valence-corrected chi connectivity index (χ4v) is 1.22. The first-order valence-electron chi connectivity index (χ1n) is 4.88. The number of nitrogens with two attached hydrogens (primary N) is 1. The van der Waals surface area contributed by atoms with E-state index in [0.717, 1.165) is 6.54 Å². The zero-order valence-corrected chi connectivity index (χ0v) is 8.95. The van der Waals surface area contributed by atoms with Crippen molar-refractivity contribution in [3.63, 3.8) is 0 Å². The van der Waals surface area contributed by atoms with Gasteiger partial charge in [-0.05, 0) is 18.1 Å². The van der Waals surface area contributed by atoms with E-state index in [0.29, 0.717) is 17.3 Å². The molecule has 0 unspecified atom stereocenters. The minimum absolute atomic E-state index is 0.142. The Bertz CT molecular complexity index is 362. The van der Waals surface area contributed by atoms with E-state index in [9.17, 15) is 4.79 Å². The van der Waals surface area contributed by atoms with Crippen LogP contribution in [-0.2, 0) is 0 Å². The zero-order chi connectivity index (χ0) is 11.4. The second kappa shape index (κ2) is 4.68. The molecule has 0 aliphatic heterocycles. The fraction of sp³-hybridized carbons (Fsp3) is 0.364. The molecule has 0 atom stereocenters. The second-order valence-corrected chi connectivity index (χ2v) is 3.85. The Hall–Kier alpha value is -1.71. The van der Waals surface area contributed by atoms with Gasteiger partial charge in [0, 0.05) is 6.54 Å². The Morgan fingerprint density at radius 3 is 2.73 bits per heavy atom. The maximum absolute atomic E-state index is 10.8. The molecule has 4 N–H and O–H groups in total. The minimum Gasteiger partial charge on any atom is -0.478 e. The predicted octanol–water partition coefficient (Wildman–Crippen LogP) is 2.03. The number of aromatic carboxylic acids is 1. The van der Waals surface area contributed by atoms with Crippen molar-refractivity contribution in [2.75, 3.05) is 17.6 Å². The monoisotopic (exact) mass is 208 g/mol. The average Bonchev–Trinajstić information content (AvgIpc) is 2.15. The van der Waals surface area contributed by atoms with Gasteiger partial charge in [-0.2, -0.15) is 0 Å². The van der Waals surface area contributed by atoms with E-state index in [1.165, 1.54) is 6.07 Å². The van der Waals surface area contributed by atoms with Crippen LogP contribution >= 0.6 is 0 Å². The molecule has 0 saturated heterocycles. The molecule has 82 valence electrons. The number of rotatable bonds is 4. The highest BCUT2D eigenvalue weighted by atomic mass is 16.4. The summed E-state index contributed by atoms with van der Waals surface area (Å²) in [6, 6.07) is 4.96. The van der Waals surface area contributed by atoms with Gasteiger partial charge >= 0.3 is 5.97 Å². The van der Waals surface area contributed by atoms with Crippen molar-refractivity contribution < 1.29 is 9.90 Å². The van der Waals surface area contributed by atoms with Crippen LogP contribution in [-0.4, -0.2) is 17.6 Å². The number of benzene rings is 1. The Kier molecular flexibility index (Phi) is 3.55. The number of anilines is 2. The molecule has 0 fully saturated rings. The van der Waals surface area contributed by atoms with Crippen LogP contribution in [0.2, 0.25) is 0 Å². The number of hydrogen-bond donors (Lipinski definition) is 3. The first-order valence-corrected chi connectivity index (χ1v) is 4.88. The molecule has 0 aliphatic rings. The molecule has 1 aromatic rings. The standard InChI is InChI=1S/C11H16N2O2/c1-7(2)6-13-9-5-3-4-8(10(9)12)11(14)15/h3-5,7,13H,6,12H2,1-2H3,(H,14,15). The molecule has 4 nitrogen and oxygen atoms in total. The first kappa shape index (κ1) is 11.4. The molecule has 0 saturated carbocycles. The average molecular weight is 208 g/mol. The van der Waals surface area contributed by atoms with E-state index in [1.807, 2.05) is 0 Å². The van der Waals surface area contributed by atoms with E-state index in [4.69, 9.17) is 10.8 Å². The van der Waals surface area contributed by atoms with Gasteiger partial charge in [0.1, 0.15) is 0 Å². The summed E-state index contributed by atoms with van der Waals surface area (Å²) in [5.41, 5.74) is 6.85. The Balaban J connectivity index is 2.89. The van der Waals surface area contributed by atoms with Crippen molar-refractivity contribution in [3.05, 3.63) is 23.8 Å². The molecule has 0 heterocycles. The first-order chi connectivity index (χ1) is 7.02. The molecule has 0 amide bonds. The van der Waals surface area contributed by atoms with Crippen molar-refractivity contribution in [2.45, 2.75) is 13.8 Å². The highest BCUT2D eigenvalue weighted by Gasteiger charge is 2.10. The van der Waals surface area contributed by atoms with Gasteiger partial charge in [0.05, 0.1) is 16.9 Å². The van der Waals surface area contributed by atoms with Crippen LogP contribution in [0.5, 0.6) is 0 Å². The quantitative estimate of drug-likeness (QED) is 0.662. The van der Waals surface area contributed by atoms with Crippen LogP contribution in [0.15, 0.2) is 18.2 Å². The molecular formula is C11H16N2O2. The van der Waals surface area contributed by atoms with Crippen molar-refractivity contribution in [1.82, 2.24) is 0 Å². The molecule has 15 heavy (non-hydrogen) atoms.